The van der Waals surface area contributed by atoms with Crippen molar-refractivity contribution in [1.82, 2.24) is 4.98 Å². The summed E-state index contributed by atoms with van der Waals surface area (Å²) < 4.78 is 61.4. The highest BCUT2D eigenvalue weighted by molar-refractivity contribution is 9.10. The molecule has 1 aliphatic heterocycles. The Balaban J connectivity index is 2.35. The van der Waals surface area contributed by atoms with E-state index in [0.717, 1.165) is 17.2 Å². The number of alkyl halides is 3. The van der Waals surface area contributed by atoms with Crippen LogP contribution in [0.25, 0.3) is 0 Å². The first-order valence-electron chi connectivity index (χ1n) is 5.93. The van der Waals surface area contributed by atoms with Gasteiger partial charge >= 0.3 is 6.18 Å². The van der Waals surface area contributed by atoms with Crippen LogP contribution < -0.4 is 4.90 Å². The number of hydrogen-bond acceptors (Lipinski definition) is 4. The number of aromatic nitrogens is 1. The third-order valence-corrected chi connectivity index (χ3v) is 4.72. The normalized spacial score (nSPS) is 19.8. The molecule has 1 fully saturated rings. The van der Waals surface area contributed by atoms with Crippen LogP contribution in [0.4, 0.5) is 19.0 Å². The van der Waals surface area contributed by atoms with Crippen LogP contribution in [0.15, 0.2) is 16.7 Å². The number of rotatable bonds is 3. The van der Waals surface area contributed by atoms with Crippen LogP contribution in [0.5, 0.6) is 0 Å². The first kappa shape index (κ1) is 17.5. The van der Waals surface area contributed by atoms with E-state index in [4.69, 9.17) is 10.7 Å². The van der Waals surface area contributed by atoms with Crippen molar-refractivity contribution in [2.24, 2.45) is 5.92 Å². The number of anilines is 1. The van der Waals surface area contributed by atoms with Crippen molar-refractivity contribution in [2.45, 2.75) is 12.6 Å². The summed E-state index contributed by atoms with van der Waals surface area (Å²) in [7, 11) is 1.28. The summed E-state index contributed by atoms with van der Waals surface area (Å²) in [5.41, 5.74) is -1.07. The lowest BCUT2D eigenvalue weighted by Crippen LogP contribution is -2.29. The fourth-order valence-corrected chi connectivity index (χ4v) is 3.89. The van der Waals surface area contributed by atoms with E-state index in [1.165, 1.54) is 0 Å². The molecule has 1 unspecified atom stereocenters. The van der Waals surface area contributed by atoms with Crippen molar-refractivity contribution >= 4 is 47.4 Å². The molecule has 1 aromatic rings. The van der Waals surface area contributed by atoms with Crippen LogP contribution >= 0.6 is 26.6 Å². The molecule has 122 valence electrons. The fraction of sp³-hybridized carbons (Fsp3) is 0.455. The zero-order valence-electron chi connectivity index (χ0n) is 10.8. The molecule has 1 atom stereocenters. The number of pyridine rings is 1. The Morgan fingerprint density at radius 1 is 1.45 bits per heavy atom. The minimum atomic E-state index is -4.69. The second-order valence-corrected chi connectivity index (χ2v) is 8.54. The summed E-state index contributed by atoms with van der Waals surface area (Å²) in [6.07, 6.45) is -3.74. The van der Waals surface area contributed by atoms with Gasteiger partial charge in [0.1, 0.15) is 5.82 Å². The first-order chi connectivity index (χ1) is 9.97. The predicted molar refractivity (Wildman–Crippen MR) is 77.0 cm³/mol. The van der Waals surface area contributed by atoms with Crippen LogP contribution in [-0.4, -0.2) is 31.6 Å². The summed E-state index contributed by atoms with van der Waals surface area (Å²) >= 11 is 2.90. The van der Waals surface area contributed by atoms with Crippen LogP contribution in [0.1, 0.15) is 12.0 Å². The smallest absolute Gasteiger partial charge is 0.296 e. The molecule has 0 saturated carbocycles. The summed E-state index contributed by atoms with van der Waals surface area (Å²) in [4.78, 5) is 16.4. The quantitative estimate of drug-likeness (QED) is 0.704. The predicted octanol–water partition coefficient (Wildman–Crippen LogP) is 2.78. The van der Waals surface area contributed by atoms with E-state index in [1.54, 1.807) is 0 Å². The molecule has 11 heteroatoms. The maximum absolute atomic E-state index is 13.1. The SMILES string of the molecule is O=C1CC(CS(=O)(=O)Cl)CN1c1ncc(Br)cc1C(F)(F)F. The third-order valence-electron chi connectivity index (χ3n) is 3.03. The van der Waals surface area contributed by atoms with Crippen molar-refractivity contribution in [3.8, 4) is 0 Å². The van der Waals surface area contributed by atoms with E-state index >= 15 is 0 Å². The van der Waals surface area contributed by atoms with Gasteiger partial charge in [0.05, 0.1) is 11.3 Å². The van der Waals surface area contributed by atoms with Gasteiger partial charge in [-0.1, -0.05) is 0 Å². The molecule has 5 nitrogen and oxygen atoms in total. The molecule has 0 bridgehead atoms. The number of carbonyl (C=O) groups is 1. The standard InChI is InChI=1S/C11H9BrClF3N2O3S/c12-7-2-8(11(14,15)16)10(17-3-7)18-4-6(1-9(18)19)5-22(13,20)21/h2-3,6H,1,4-5H2. The van der Waals surface area contributed by atoms with Crippen molar-refractivity contribution < 1.29 is 26.4 Å². The number of hydrogen-bond donors (Lipinski definition) is 0. The summed E-state index contributed by atoms with van der Waals surface area (Å²) in [6.45, 7) is -0.178. The summed E-state index contributed by atoms with van der Waals surface area (Å²) in [5, 5.41) is 0. The van der Waals surface area contributed by atoms with Crippen molar-refractivity contribution in [3.63, 3.8) is 0 Å². The molecule has 2 heterocycles. The van der Waals surface area contributed by atoms with Gasteiger partial charge in [0.15, 0.2) is 0 Å². The van der Waals surface area contributed by atoms with Gasteiger partial charge in [0.25, 0.3) is 0 Å². The van der Waals surface area contributed by atoms with Crippen molar-refractivity contribution in [1.29, 1.82) is 0 Å². The van der Waals surface area contributed by atoms with Gasteiger partial charge in [0.2, 0.25) is 15.0 Å². The van der Waals surface area contributed by atoms with Gasteiger partial charge in [-0.25, -0.2) is 13.4 Å². The van der Waals surface area contributed by atoms with Crippen molar-refractivity contribution in [2.75, 3.05) is 17.2 Å². The topological polar surface area (TPSA) is 67.3 Å². The lowest BCUT2D eigenvalue weighted by atomic mass is 10.1. The zero-order chi connectivity index (χ0) is 16.7. The Morgan fingerprint density at radius 2 is 2.09 bits per heavy atom. The Hall–Kier alpha value is -0.870. The Kier molecular flexibility index (Phi) is 4.74. The molecule has 0 radical (unpaired) electrons. The van der Waals surface area contributed by atoms with Crippen LogP contribution in [-0.2, 0) is 20.0 Å². The third kappa shape index (κ3) is 4.11. The minimum Gasteiger partial charge on any atom is -0.296 e. The van der Waals surface area contributed by atoms with Crippen LogP contribution in [0.3, 0.4) is 0 Å². The molecule has 1 saturated heterocycles. The average molecular weight is 422 g/mol. The van der Waals surface area contributed by atoms with Gasteiger partial charge in [0, 0.05) is 40.2 Å². The van der Waals surface area contributed by atoms with Gasteiger partial charge in [-0.2, -0.15) is 13.2 Å². The van der Waals surface area contributed by atoms with Gasteiger partial charge in [-0.05, 0) is 22.0 Å². The Morgan fingerprint density at radius 3 is 2.64 bits per heavy atom. The molecular formula is C11H9BrClF3N2O3S. The largest absolute Gasteiger partial charge is 0.420 e. The van der Waals surface area contributed by atoms with Gasteiger partial charge in [-0.3, -0.25) is 9.69 Å². The highest BCUT2D eigenvalue weighted by atomic mass is 79.9. The molecule has 1 amide bonds. The fourth-order valence-electron chi connectivity index (χ4n) is 2.24. The van der Waals surface area contributed by atoms with E-state index in [0.29, 0.717) is 0 Å². The van der Waals surface area contributed by atoms with E-state index in [9.17, 15) is 26.4 Å². The van der Waals surface area contributed by atoms with Crippen molar-refractivity contribution in [3.05, 3.63) is 22.3 Å². The number of halogens is 5. The van der Waals surface area contributed by atoms with E-state index in [1.807, 2.05) is 0 Å². The maximum Gasteiger partial charge on any atom is 0.420 e. The molecule has 0 N–H and O–H groups in total. The van der Waals surface area contributed by atoms with Gasteiger partial charge < -0.3 is 0 Å². The molecule has 1 aromatic heterocycles. The maximum atomic E-state index is 13.1. The van der Waals surface area contributed by atoms with E-state index in [-0.39, 0.29) is 17.4 Å². The number of amides is 1. The molecule has 0 aromatic carbocycles. The molecule has 2 rings (SSSR count). The monoisotopic (exact) mass is 420 g/mol. The summed E-state index contributed by atoms with van der Waals surface area (Å²) in [5.74, 6) is -2.29. The second-order valence-electron chi connectivity index (χ2n) is 4.80. The Bertz CT molecular complexity index is 711. The van der Waals surface area contributed by atoms with E-state index < -0.39 is 44.2 Å². The van der Waals surface area contributed by atoms with Crippen LogP contribution in [0.2, 0.25) is 0 Å². The number of nitrogens with zero attached hydrogens (tertiary/aromatic N) is 2. The molecule has 0 aliphatic carbocycles. The number of carbonyl (C=O) groups excluding carboxylic acids is 1. The molecular weight excluding hydrogens is 413 g/mol. The Labute approximate surface area is 137 Å². The molecule has 22 heavy (non-hydrogen) atoms. The first-order valence-corrected chi connectivity index (χ1v) is 9.20. The van der Waals surface area contributed by atoms with Gasteiger partial charge in [-0.15, -0.1) is 0 Å². The molecule has 0 spiro atoms. The lowest BCUT2D eigenvalue weighted by molar-refractivity contribution is -0.137. The van der Waals surface area contributed by atoms with E-state index in [2.05, 4.69) is 20.9 Å². The highest BCUT2D eigenvalue weighted by Crippen LogP contribution is 2.38. The average Bonchev–Trinajstić information content (AvgIpc) is 2.66. The summed E-state index contributed by atoms with van der Waals surface area (Å²) in [6, 6.07) is 0.821. The highest BCUT2D eigenvalue weighted by Gasteiger charge is 2.41. The van der Waals surface area contributed by atoms with Crippen LogP contribution in [0, 0.1) is 5.92 Å². The lowest BCUT2D eigenvalue weighted by Gasteiger charge is -2.20. The second kappa shape index (κ2) is 5.97. The zero-order valence-corrected chi connectivity index (χ0v) is 13.9. The molecule has 1 aliphatic rings. The minimum absolute atomic E-state index is 0.120.